The molecule has 0 amide bonds. The molecule has 0 spiro atoms. The van der Waals surface area contributed by atoms with Gasteiger partial charge >= 0.3 is 0 Å². The van der Waals surface area contributed by atoms with Gasteiger partial charge in [0.15, 0.2) is 0 Å². The van der Waals surface area contributed by atoms with Crippen LogP contribution in [0.2, 0.25) is 5.02 Å². The molecule has 5 heteroatoms. The SMILES string of the molecule is COc1ccc(-c2[nH]c3c(C)c(Cl)ccc3c2CCCCN)c(OC)c1. The molecule has 0 aliphatic rings. The minimum atomic E-state index is 0.703. The van der Waals surface area contributed by atoms with Crippen LogP contribution in [0.15, 0.2) is 30.3 Å². The van der Waals surface area contributed by atoms with Crippen molar-refractivity contribution in [2.45, 2.75) is 26.2 Å². The average Bonchev–Trinajstić information content (AvgIpc) is 3.03. The molecule has 3 rings (SSSR count). The highest BCUT2D eigenvalue weighted by Gasteiger charge is 2.18. The van der Waals surface area contributed by atoms with E-state index in [0.29, 0.717) is 6.54 Å². The van der Waals surface area contributed by atoms with Crippen LogP contribution >= 0.6 is 11.6 Å². The van der Waals surface area contributed by atoms with E-state index in [1.165, 1.54) is 10.9 Å². The van der Waals surface area contributed by atoms with Gasteiger partial charge in [-0.2, -0.15) is 0 Å². The Labute approximate surface area is 159 Å². The fourth-order valence-electron chi connectivity index (χ4n) is 3.37. The third-order valence-electron chi connectivity index (χ3n) is 4.83. The molecule has 0 fully saturated rings. The Balaban J connectivity index is 2.21. The van der Waals surface area contributed by atoms with Gasteiger partial charge in [-0.1, -0.05) is 17.7 Å². The zero-order valence-electron chi connectivity index (χ0n) is 15.5. The Morgan fingerprint density at radius 2 is 1.88 bits per heavy atom. The molecule has 138 valence electrons. The number of halogens is 1. The maximum Gasteiger partial charge on any atom is 0.131 e. The Hall–Kier alpha value is -2.17. The average molecular weight is 373 g/mol. The Morgan fingerprint density at radius 3 is 2.58 bits per heavy atom. The van der Waals surface area contributed by atoms with E-state index in [1.807, 2.05) is 31.2 Å². The van der Waals surface area contributed by atoms with Crippen LogP contribution in [0.25, 0.3) is 22.2 Å². The first-order valence-corrected chi connectivity index (χ1v) is 9.20. The lowest BCUT2D eigenvalue weighted by Crippen LogP contribution is -1.99. The maximum atomic E-state index is 6.34. The van der Waals surface area contributed by atoms with Gasteiger partial charge in [0.05, 0.1) is 25.4 Å². The number of unbranched alkanes of at least 4 members (excludes halogenated alkanes) is 1. The predicted octanol–water partition coefficient (Wildman–Crippen LogP) is 5.10. The summed E-state index contributed by atoms with van der Waals surface area (Å²) in [5.41, 5.74) is 11.2. The lowest BCUT2D eigenvalue weighted by Gasteiger charge is -2.11. The van der Waals surface area contributed by atoms with Crippen molar-refractivity contribution in [2.24, 2.45) is 5.73 Å². The van der Waals surface area contributed by atoms with Crippen molar-refractivity contribution >= 4 is 22.5 Å². The molecule has 1 aromatic heterocycles. The highest BCUT2D eigenvalue weighted by atomic mass is 35.5. The van der Waals surface area contributed by atoms with Gasteiger partial charge in [0.1, 0.15) is 11.5 Å². The first kappa shape index (κ1) is 18.6. The molecule has 2 aromatic carbocycles. The second-order valence-corrected chi connectivity index (χ2v) is 6.79. The molecule has 3 aromatic rings. The van der Waals surface area contributed by atoms with Gasteiger partial charge in [0.25, 0.3) is 0 Å². The summed E-state index contributed by atoms with van der Waals surface area (Å²) in [6, 6.07) is 9.95. The van der Waals surface area contributed by atoms with Gasteiger partial charge in [-0.15, -0.1) is 0 Å². The number of ether oxygens (including phenoxy) is 2. The number of nitrogens with one attached hydrogen (secondary N) is 1. The van der Waals surface area contributed by atoms with Gasteiger partial charge in [-0.25, -0.2) is 0 Å². The third-order valence-corrected chi connectivity index (χ3v) is 5.24. The highest BCUT2D eigenvalue weighted by Crippen LogP contribution is 2.40. The van der Waals surface area contributed by atoms with Gasteiger partial charge in [-0.3, -0.25) is 0 Å². The second-order valence-electron chi connectivity index (χ2n) is 6.39. The van der Waals surface area contributed by atoms with Crippen LogP contribution in [0.5, 0.6) is 11.5 Å². The van der Waals surface area contributed by atoms with Gasteiger partial charge in [0.2, 0.25) is 0 Å². The number of rotatable bonds is 7. The molecule has 0 aliphatic carbocycles. The number of aryl methyl sites for hydroxylation is 2. The van der Waals surface area contributed by atoms with Crippen molar-refractivity contribution in [3.05, 3.63) is 46.5 Å². The first-order chi connectivity index (χ1) is 12.6. The van der Waals surface area contributed by atoms with Crippen LogP contribution in [0.1, 0.15) is 24.0 Å². The molecule has 0 radical (unpaired) electrons. The summed E-state index contributed by atoms with van der Waals surface area (Å²) in [6.07, 6.45) is 2.98. The van der Waals surface area contributed by atoms with E-state index >= 15 is 0 Å². The van der Waals surface area contributed by atoms with E-state index in [-0.39, 0.29) is 0 Å². The summed E-state index contributed by atoms with van der Waals surface area (Å²) in [5, 5.41) is 1.97. The molecule has 0 saturated heterocycles. The third kappa shape index (κ3) is 3.39. The molecule has 0 unspecified atom stereocenters. The fraction of sp³-hybridized carbons (Fsp3) is 0.333. The van der Waals surface area contributed by atoms with Crippen molar-refractivity contribution < 1.29 is 9.47 Å². The number of H-pyrrole nitrogens is 1. The Bertz CT molecular complexity index is 918. The minimum Gasteiger partial charge on any atom is -0.497 e. The van der Waals surface area contributed by atoms with E-state index in [2.05, 4.69) is 11.1 Å². The molecule has 26 heavy (non-hydrogen) atoms. The molecule has 0 saturated carbocycles. The van der Waals surface area contributed by atoms with E-state index in [1.54, 1.807) is 14.2 Å². The molecule has 4 nitrogen and oxygen atoms in total. The summed E-state index contributed by atoms with van der Waals surface area (Å²) in [7, 11) is 3.33. The summed E-state index contributed by atoms with van der Waals surface area (Å²) in [6.45, 7) is 2.74. The number of fused-ring (bicyclic) bond motifs is 1. The van der Waals surface area contributed by atoms with Crippen LogP contribution in [0.4, 0.5) is 0 Å². The van der Waals surface area contributed by atoms with Crippen molar-refractivity contribution in [3.63, 3.8) is 0 Å². The quantitative estimate of drug-likeness (QED) is 0.567. The summed E-state index contributed by atoms with van der Waals surface area (Å²) in [4.78, 5) is 3.59. The zero-order valence-corrected chi connectivity index (χ0v) is 16.2. The van der Waals surface area contributed by atoms with E-state index in [0.717, 1.165) is 58.1 Å². The lowest BCUT2D eigenvalue weighted by atomic mass is 9.99. The zero-order chi connectivity index (χ0) is 18.7. The van der Waals surface area contributed by atoms with Crippen molar-refractivity contribution in [3.8, 4) is 22.8 Å². The van der Waals surface area contributed by atoms with Crippen molar-refractivity contribution in [1.29, 1.82) is 0 Å². The van der Waals surface area contributed by atoms with Crippen molar-refractivity contribution in [1.82, 2.24) is 4.98 Å². The number of aromatic amines is 1. The standard InChI is InChI=1S/C21H25ClN2O2/c1-13-18(22)10-9-16-15(6-4-5-11-23)21(24-20(13)16)17-8-7-14(25-2)12-19(17)26-3/h7-10,12,24H,4-6,11,23H2,1-3H3. The van der Waals surface area contributed by atoms with Crippen LogP contribution in [-0.2, 0) is 6.42 Å². The fourth-order valence-corrected chi connectivity index (χ4v) is 3.53. The van der Waals surface area contributed by atoms with Crippen LogP contribution in [0, 0.1) is 6.92 Å². The topological polar surface area (TPSA) is 60.3 Å². The van der Waals surface area contributed by atoms with Crippen molar-refractivity contribution in [2.75, 3.05) is 20.8 Å². The van der Waals surface area contributed by atoms with Crippen LogP contribution in [-0.4, -0.2) is 25.7 Å². The molecular weight excluding hydrogens is 348 g/mol. The van der Waals surface area contributed by atoms with E-state index < -0.39 is 0 Å². The molecule has 3 N–H and O–H groups in total. The van der Waals surface area contributed by atoms with Crippen LogP contribution < -0.4 is 15.2 Å². The lowest BCUT2D eigenvalue weighted by molar-refractivity contribution is 0.395. The number of aromatic nitrogens is 1. The molecular formula is C21H25ClN2O2. The molecule has 0 atom stereocenters. The highest BCUT2D eigenvalue weighted by molar-refractivity contribution is 6.32. The number of nitrogens with two attached hydrogens (primary N) is 1. The Morgan fingerprint density at radius 1 is 1.08 bits per heavy atom. The number of hydrogen-bond donors (Lipinski definition) is 2. The maximum absolute atomic E-state index is 6.34. The van der Waals surface area contributed by atoms with Gasteiger partial charge in [-0.05, 0) is 62.1 Å². The minimum absolute atomic E-state index is 0.703. The molecule has 0 bridgehead atoms. The smallest absolute Gasteiger partial charge is 0.131 e. The normalized spacial score (nSPS) is 11.1. The second kappa shape index (κ2) is 8.02. The molecule has 1 heterocycles. The number of methoxy groups -OCH3 is 2. The number of benzene rings is 2. The predicted molar refractivity (Wildman–Crippen MR) is 109 cm³/mol. The largest absolute Gasteiger partial charge is 0.497 e. The van der Waals surface area contributed by atoms with Gasteiger partial charge in [0, 0.05) is 22.0 Å². The van der Waals surface area contributed by atoms with Gasteiger partial charge < -0.3 is 20.2 Å². The molecule has 0 aliphatic heterocycles. The number of hydrogen-bond acceptors (Lipinski definition) is 3. The first-order valence-electron chi connectivity index (χ1n) is 8.82. The summed E-state index contributed by atoms with van der Waals surface area (Å²) >= 11 is 6.34. The van der Waals surface area contributed by atoms with Crippen LogP contribution in [0.3, 0.4) is 0 Å². The van der Waals surface area contributed by atoms with E-state index in [4.69, 9.17) is 26.8 Å². The summed E-state index contributed by atoms with van der Waals surface area (Å²) in [5.74, 6) is 1.55. The van der Waals surface area contributed by atoms with E-state index in [9.17, 15) is 0 Å². The monoisotopic (exact) mass is 372 g/mol. The summed E-state index contributed by atoms with van der Waals surface area (Å²) < 4.78 is 11.0. The Kier molecular flexibility index (Phi) is 5.74.